The molecule has 0 radical (unpaired) electrons. The maximum atomic E-state index is 12.8. The smallest absolute Gasteiger partial charge is 0.256 e. The van der Waals surface area contributed by atoms with E-state index >= 15 is 0 Å². The number of benzene rings is 3. The van der Waals surface area contributed by atoms with E-state index in [1.54, 1.807) is 11.8 Å². The van der Waals surface area contributed by atoms with Crippen molar-refractivity contribution >= 4 is 34.7 Å². The first kappa shape index (κ1) is 19.6. The molecule has 0 aromatic heterocycles. The Bertz CT molecular complexity index is 939. The van der Waals surface area contributed by atoms with Gasteiger partial charge in [0.05, 0.1) is 11.7 Å². The average Bonchev–Trinajstić information content (AvgIpc) is 3.28. The lowest BCUT2D eigenvalue weighted by Crippen LogP contribution is -2.14. The van der Waals surface area contributed by atoms with Gasteiger partial charge in [0.1, 0.15) is 0 Å². The molecule has 0 aliphatic carbocycles. The second-order valence-electron chi connectivity index (χ2n) is 6.96. The summed E-state index contributed by atoms with van der Waals surface area (Å²) in [5.41, 5.74) is 3.47. The monoisotopic (exact) mass is 404 g/mol. The van der Waals surface area contributed by atoms with Crippen molar-refractivity contribution in [2.24, 2.45) is 0 Å². The molecular formula is C24H24N2O2S. The lowest BCUT2D eigenvalue weighted by molar-refractivity contribution is 0.102. The third-order valence-electron chi connectivity index (χ3n) is 4.79. The predicted octanol–water partition coefficient (Wildman–Crippen LogP) is 5.95. The van der Waals surface area contributed by atoms with Gasteiger partial charge in [0.25, 0.3) is 5.91 Å². The van der Waals surface area contributed by atoms with Crippen LogP contribution in [0.15, 0.2) is 83.8 Å². The van der Waals surface area contributed by atoms with Crippen LogP contribution in [0.1, 0.15) is 23.2 Å². The normalized spacial score (nSPS) is 15.8. The topological polar surface area (TPSA) is 50.4 Å². The van der Waals surface area contributed by atoms with Crippen LogP contribution in [0, 0.1) is 0 Å². The van der Waals surface area contributed by atoms with Gasteiger partial charge in [0, 0.05) is 34.3 Å². The molecule has 148 valence electrons. The van der Waals surface area contributed by atoms with Crippen molar-refractivity contribution in [2.45, 2.75) is 23.8 Å². The van der Waals surface area contributed by atoms with Gasteiger partial charge in [-0.25, -0.2) is 0 Å². The van der Waals surface area contributed by atoms with Gasteiger partial charge in [-0.15, -0.1) is 11.8 Å². The second kappa shape index (κ2) is 9.63. The number of amides is 1. The largest absolute Gasteiger partial charge is 0.377 e. The fraction of sp³-hybridized carbons (Fsp3) is 0.208. The number of hydrogen-bond acceptors (Lipinski definition) is 4. The molecule has 4 nitrogen and oxygen atoms in total. The van der Waals surface area contributed by atoms with Gasteiger partial charge in [0.2, 0.25) is 0 Å². The molecule has 2 N–H and O–H groups in total. The minimum Gasteiger partial charge on any atom is -0.377 e. The zero-order valence-corrected chi connectivity index (χ0v) is 17.0. The Morgan fingerprint density at radius 2 is 1.59 bits per heavy atom. The molecule has 1 aliphatic heterocycles. The molecule has 1 amide bonds. The Morgan fingerprint density at radius 3 is 2.34 bits per heavy atom. The molecule has 1 fully saturated rings. The Balaban J connectivity index is 1.38. The quantitative estimate of drug-likeness (QED) is 0.478. The third-order valence-corrected chi connectivity index (χ3v) is 5.99. The predicted molar refractivity (Wildman–Crippen MR) is 120 cm³/mol. The number of ether oxygens (including phenoxy) is 1. The molecular weight excluding hydrogens is 380 g/mol. The average molecular weight is 405 g/mol. The molecule has 0 bridgehead atoms. The first-order valence-electron chi connectivity index (χ1n) is 9.85. The van der Waals surface area contributed by atoms with Crippen LogP contribution in [0.2, 0.25) is 0 Å². The maximum absolute atomic E-state index is 12.8. The van der Waals surface area contributed by atoms with Crippen LogP contribution in [-0.4, -0.2) is 24.4 Å². The van der Waals surface area contributed by atoms with Gasteiger partial charge in [-0.1, -0.05) is 30.3 Å². The summed E-state index contributed by atoms with van der Waals surface area (Å²) in [5, 5.41) is 6.35. The highest BCUT2D eigenvalue weighted by molar-refractivity contribution is 7.99. The third kappa shape index (κ3) is 5.40. The van der Waals surface area contributed by atoms with Gasteiger partial charge >= 0.3 is 0 Å². The number of rotatable bonds is 7. The Hall–Kier alpha value is -2.76. The highest BCUT2D eigenvalue weighted by Crippen LogP contribution is 2.27. The zero-order valence-electron chi connectivity index (χ0n) is 16.1. The molecule has 0 saturated carbocycles. The summed E-state index contributed by atoms with van der Waals surface area (Å²) in [6.07, 6.45) is 2.52. The molecule has 0 spiro atoms. The second-order valence-corrected chi connectivity index (χ2v) is 8.03. The molecule has 1 saturated heterocycles. The summed E-state index contributed by atoms with van der Waals surface area (Å²) < 4.78 is 5.70. The maximum Gasteiger partial charge on any atom is 0.256 e. The SMILES string of the molecule is O=C(Nc1ccc(Nc2ccccc2)cc1)c1ccccc1SC[C@@H]1CCCO1. The highest BCUT2D eigenvalue weighted by Gasteiger charge is 2.18. The molecule has 5 heteroatoms. The number of nitrogens with one attached hydrogen (secondary N) is 2. The number of carbonyl (C=O) groups is 1. The highest BCUT2D eigenvalue weighted by atomic mass is 32.2. The van der Waals surface area contributed by atoms with Gasteiger partial charge < -0.3 is 15.4 Å². The van der Waals surface area contributed by atoms with Crippen LogP contribution in [0.5, 0.6) is 0 Å². The zero-order chi connectivity index (χ0) is 19.9. The Labute approximate surface area is 175 Å². The molecule has 1 heterocycles. The van der Waals surface area contributed by atoms with E-state index < -0.39 is 0 Å². The van der Waals surface area contributed by atoms with Crippen molar-refractivity contribution in [2.75, 3.05) is 23.0 Å². The minimum atomic E-state index is -0.0933. The van der Waals surface area contributed by atoms with E-state index in [0.717, 1.165) is 47.2 Å². The summed E-state index contributed by atoms with van der Waals surface area (Å²) in [6, 6.07) is 25.5. The number of para-hydroxylation sites is 1. The first-order valence-corrected chi connectivity index (χ1v) is 10.8. The molecule has 1 aliphatic rings. The molecule has 4 rings (SSSR count). The minimum absolute atomic E-state index is 0.0933. The van der Waals surface area contributed by atoms with Crippen molar-refractivity contribution in [1.82, 2.24) is 0 Å². The Kier molecular flexibility index (Phi) is 6.49. The molecule has 29 heavy (non-hydrogen) atoms. The standard InChI is InChI=1S/C24H24N2O2S/c27-24(22-10-4-5-11-23(22)29-17-21-9-6-16-28-21)26-20-14-12-19(13-15-20)25-18-7-2-1-3-8-18/h1-5,7-8,10-15,21,25H,6,9,16-17H2,(H,26,27)/t21-/m0/s1. The lowest BCUT2D eigenvalue weighted by Gasteiger charge is -2.13. The fourth-order valence-corrected chi connectivity index (χ4v) is 4.38. The van der Waals surface area contributed by atoms with E-state index in [9.17, 15) is 4.79 Å². The summed E-state index contributed by atoms with van der Waals surface area (Å²) in [5.74, 6) is 0.786. The van der Waals surface area contributed by atoms with E-state index in [1.165, 1.54) is 0 Å². The molecule has 1 atom stereocenters. The first-order chi connectivity index (χ1) is 14.3. The van der Waals surface area contributed by atoms with Crippen molar-refractivity contribution in [3.05, 3.63) is 84.4 Å². The van der Waals surface area contributed by atoms with Crippen molar-refractivity contribution < 1.29 is 9.53 Å². The van der Waals surface area contributed by atoms with Gasteiger partial charge in [-0.2, -0.15) is 0 Å². The number of thioether (sulfide) groups is 1. The van der Waals surface area contributed by atoms with Gasteiger partial charge in [-0.3, -0.25) is 4.79 Å². The Morgan fingerprint density at radius 1 is 0.897 bits per heavy atom. The van der Waals surface area contributed by atoms with Crippen molar-refractivity contribution in [3.8, 4) is 0 Å². The number of anilines is 3. The van der Waals surface area contributed by atoms with Gasteiger partial charge in [0.15, 0.2) is 0 Å². The van der Waals surface area contributed by atoms with Crippen LogP contribution in [0.3, 0.4) is 0 Å². The van der Waals surface area contributed by atoms with Crippen LogP contribution in [0.25, 0.3) is 0 Å². The van der Waals surface area contributed by atoms with Gasteiger partial charge in [-0.05, 0) is 61.4 Å². The number of hydrogen-bond donors (Lipinski definition) is 2. The molecule has 0 unspecified atom stereocenters. The molecule has 3 aromatic carbocycles. The summed E-state index contributed by atoms with van der Waals surface area (Å²) in [7, 11) is 0. The van der Waals surface area contributed by atoms with E-state index in [4.69, 9.17) is 4.74 Å². The van der Waals surface area contributed by atoms with Crippen LogP contribution in [-0.2, 0) is 4.74 Å². The van der Waals surface area contributed by atoms with E-state index in [-0.39, 0.29) is 5.91 Å². The van der Waals surface area contributed by atoms with E-state index in [2.05, 4.69) is 10.6 Å². The summed E-state index contributed by atoms with van der Waals surface area (Å²) in [4.78, 5) is 13.8. The number of carbonyl (C=O) groups excluding carboxylic acids is 1. The fourth-order valence-electron chi connectivity index (χ4n) is 3.26. The van der Waals surface area contributed by atoms with Crippen LogP contribution in [0.4, 0.5) is 17.1 Å². The summed E-state index contributed by atoms with van der Waals surface area (Å²) in [6.45, 7) is 0.850. The van der Waals surface area contributed by atoms with Crippen molar-refractivity contribution in [1.29, 1.82) is 0 Å². The van der Waals surface area contributed by atoms with Crippen molar-refractivity contribution in [3.63, 3.8) is 0 Å². The lowest BCUT2D eigenvalue weighted by atomic mass is 10.2. The molecule has 3 aromatic rings. The summed E-state index contributed by atoms with van der Waals surface area (Å²) >= 11 is 1.69. The van der Waals surface area contributed by atoms with Crippen LogP contribution < -0.4 is 10.6 Å². The van der Waals surface area contributed by atoms with E-state index in [1.807, 2.05) is 78.9 Å². The van der Waals surface area contributed by atoms with E-state index in [0.29, 0.717) is 11.7 Å². The van der Waals surface area contributed by atoms with Crippen LogP contribution >= 0.6 is 11.8 Å².